The Morgan fingerprint density at radius 2 is 2.14 bits per heavy atom. The molecule has 0 aliphatic carbocycles. The van der Waals surface area contributed by atoms with E-state index in [0.29, 0.717) is 13.1 Å². The van der Waals surface area contributed by atoms with Gasteiger partial charge in [0.05, 0.1) is 12.0 Å². The molecule has 7 heteroatoms. The molecule has 2 aromatic heterocycles. The number of hydrogen-bond acceptors (Lipinski definition) is 6. The average molecular weight is 411 g/mol. The first kappa shape index (κ1) is 19.6. The van der Waals surface area contributed by atoms with Crippen molar-refractivity contribution < 1.29 is 9.53 Å². The number of anilines is 1. The maximum absolute atomic E-state index is 12.7. The Hall–Kier alpha value is -2.67. The summed E-state index contributed by atoms with van der Waals surface area (Å²) in [5.74, 6) is 0.937. The number of benzene rings is 1. The zero-order valence-corrected chi connectivity index (χ0v) is 17.6. The molecule has 29 heavy (non-hydrogen) atoms. The minimum Gasteiger partial charge on any atom is -0.491 e. The number of nitrogens with zero attached hydrogens (tertiary/aromatic N) is 3. The minimum absolute atomic E-state index is 0.0210. The van der Waals surface area contributed by atoms with Gasteiger partial charge in [-0.1, -0.05) is 23.5 Å². The molecule has 6 nitrogen and oxygen atoms in total. The largest absolute Gasteiger partial charge is 0.491 e. The second-order valence-electron chi connectivity index (χ2n) is 7.64. The van der Waals surface area contributed by atoms with Gasteiger partial charge in [0.2, 0.25) is 5.91 Å². The van der Waals surface area contributed by atoms with Crippen molar-refractivity contribution in [2.24, 2.45) is 5.92 Å². The summed E-state index contributed by atoms with van der Waals surface area (Å²) >= 11 is 1.59. The highest BCUT2D eigenvalue weighted by molar-refractivity contribution is 7.21. The number of amides is 1. The van der Waals surface area contributed by atoms with Crippen LogP contribution >= 0.6 is 11.3 Å². The molecule has 0 spiro atoms. The lowest BCUT2D eigenvalue weighted by Crippen LogP contribution is -2.42. The molecule has 1 N–H and O–H groups in total. The van der Waals surface area contributed by atoms with Gasteiger partial charge in [-0.2, -0.15) is 0 Å². The molecule has 1 atom stereocenters. The van der Waals surface area contributed by atoms with Gasteiger partial charge >= 0.3 is 0 Å². The van der Waals surface area contributed by atoms with Crippen molar-refractivity contribution in [3.63, 3.8) is 0 Å². The van der Waals surface area contributed by atoms with Crippen molar-refractivity contribution in [1.82, 2.24) is 15.3 Å². The Bertz CT molecular complexity index is 937. The van der Waals surface area contributed by atoms with Gasteiger partial charge in [0, 0.05) is 25.8 Å². The summed E-state index contributed by atoms with van der Waals surface area (Å²) < 4.78 is 5.66. The van der Waals surface area contributed by atoms with Crippen molar-refractivity contribution in [3.8, 4) is 5.75 Å². The highest BCUT2D eigenvalue weighted by atomic mass is 32.1. The van der Waals surface area contributed by atoms with Gasteiger partial charge in [-0.05, 0) is 56.5 Å². The molecule has 1 fully saturated rings. The number of hydrogen-bond donors (Lipinski definition) is 1. The molecule has 0 bridgehead atoms. The topological polar surface area (TPSA) is 67.3 Å². The first-order chi connectivity index (χ1) is 14.1. The number of ether oxygens (including phenoxy) is 1. The third-order valence-corrected chi connectivity index (χ3v) is 6.02. The van der Waals surface area contributed by atoms with Crippen LogP contribution in [-0.2, 0) is 11.3 Å². The van der Waals surface area contributed by atoms with Crippen LogP contribution in [0.3, 0.4) is 0 Å². The number of carbonyl (C=O) groups excluding carboxylic acids is 1. The molecule has 1 saturated heterocycles. The van der Waals surface area contributed by atoms with Crippen LogP contribution < -0.4 is 15.0 Å². The predicted octanol–water partition coefficient (Wildman–Crippen LogP) is 4.01. The smallest absolute Gasteiger partial charge is 0.225 e. The van der Waals surface area contributed by atoms with Crippen molar-refractivity contribution in [1.29, 1.82) is 0 Å². The van der Waals surface area contributed by atoms with E-state index >= 15 is 0 Å². The summed E-state index contributed by atoms with van der Waals surface area (Å²) in [5.41, 5.74) is 1.99. The maximum atomic E-state index is 12.7. The number of thiazole rings is 1. The molecule has 3 aromatic rings. The Balaban J connectivity index is 1.33. The fourth-order valence-electron chi connectivity index (χ4n) is 3.55. The molecule has 152 valence electrons. The summed E-state index contributed by atoms with van der Waals surface area (Å²) in [6, 6.07) is 11.8. The molecule has 1 aromatic carbocycles. The van der Waals surface area contributed by atoms with Crippen LogP contribution in [-0.4, -0.2) is 35.1 Å². The number of nitrogens with one attached hydrogen (secondary N) is 1. The van der Waals surface area contributed by atoms with E-state index in [0.717, 1.165) is 46.2 Å². The van der Waals surface area contributed by atoms with E-state index in [4.69, 9.17) is 9.72 Å². The zero-order chi connectivity index (χ0) is 20.2. The van der Waals surface area contributed by atoms with E-state index in [-0.39, 0.29) is 17.9 Å². The van der Waals surface area contributed by atoms with E-state index in [1.165, 1.54) is 0 Å². The summed E-state index contributed by atoms with van der Waals surface area (Å²) in [7, 11) is 0. The number of fused-ring (bicyclic) bond motifs is 1. The molecule has 0 unspecified atom stereocenters. The Kier molecular flexibility index (Phi) is 5.94. The van der Waals surface area contributed by atoms with E-state index < -0.39 is 0 Å². The predicted molar refractivity (Wildman–Crippen MR) is 116 cm³/mol. The normalized spacial score (nSPS) is 16.9. The van der Waals surface area contributed by atoms with Crippen LogP contribution in [0.5, 0.6) is 5.75 Å². The van der Waals surface area contributed by atoms with Crippen LogP contribution in [0.25, 0.3) is 10.3 Å². The van der Waals surface area contributed by atoms with Crippen LogP contribution in [0.4, 0.5) is 5.13 Å². The van der Waals surface area contributed by atoms with E-state index in [9.17, 15) is 4.79 Å². The summed E-state index contributed by atoms with van der Waals surface area (Å²) in [5, 5.41) is 4.05. The highest BCUT2D eigenvalue weighted by Crippen LogP contribution is 2.30. The number of piperidine rings is 1. The molecule has 1 aliphatic rings. The van der Waals surface area contributed by atoms with Crippen molar-refractivity contribution in [3.05, 3.63) is 48.2 Å². The van der Waals surface area contributed by atoms with Gasteiger partial charge in [-0.15, -0.1) is 0 Å². The van der Waals surface area contributed by atoms with Crippen molar-refractivity contribution in [2.45, 2.75) is 39.3 Å². The number of aromatic nitrogens is 2. The van der Waals surface area contributed by atoms with Gasteiger partial charge in [0.1, 0.15) is 16.1 Å². The first-order valence-corrected chi connectivity index (χ1v) is 10.9. The third kappa shape index (κ3) is 4.85. The second-order valence-corrected chi connectivity index (χ2v) is 8.59. The van der Waals surface area contributed by atoms with Gasteiger partial charge in [0.25, 0.3) is 0 Å². The fraction of sp³-hybridized carbons (Fsp3) is 0.409. The molecule has 1 amide bonds. The molecule has 4 rings (SSSR count). The molecular formula is C22H26N4O2S. The maximum Gasteiger partial charge on any atom is 0.225 e. The lowest BCUT2D eigenvalue weighted by Gasteiger charge is -2.31. The molecule has 0 saturated carbocycles. The standard InChI is InChI=1S/C22H26N4O2S/c1-15(2)28-18-9-7-16(8-10-18)13-24-20(27)17-5-4-12-26(14-17)22-25-19-6-3-11-23-21(19)29-22/h3,6-11,15,17H,4-5,12-14H2,1-2H3,(H,24,27)/t17-/m0/s1. The van der Waals surface area contributed by atoms with Gasteiger partial charge in [0.15, 0.2) is 5.13 Å². The Morgan fingerprint density at radius 1 is 1.31 bits per heavy atom. The van der Waals surface area contributed by atoms with Crippen LogP contribution in [0.1, 0.15) is 32.3 Å². The molecule has 0 radical (unpaired) electrons. The second kappa shape index (κ2) is 8.78. The van der Waals surface area contributed by atoms with Crippen LogP contribution in [0.2, 0.25) is 0 Å². The molecule has 3 heterocycles. The number of pyridine rings is 1. The quantitative estimate of drug-likeness (QED) is 0.665. The van der Waals surface area contributed by atoms with Crippen molar-refractivity contribution in [2.75, 3.05) is 18.0 Å². The van der Waals surface area contributed by atoms with E-state index in [1.54, 1.807) is 17.5 Å². The van der Waals surface area contributed by atoms with Crippen molar-refractivity contribution >= 4 is 32.7 Å². The molecule has 1 aliphatic heterocycles. The first-order valence-electron chi connectivity index (χ1n) is 10.1. The number of carbonyl (C=O) groups is 1. The summed E-state index contributed by atoms with van der Waals surface area (Å²) in [6.07, 6.45) is 3.84. The third-order valence-electron chi connectivity index (χ3n) is 4.98. The van der Waals surface area contributed by atoms with E-state index in [1.807, 2.05) is 50.2 Å². The van der Waals surface area contributed by atoms with E-state index in [2.05, 4.69) is 15.2 Å². The Morgan fingerprint density at radius 3 is 2.90 bits per heavy atom. The zero-order valence-electron chi connectivity index (χ0n) is 16.8. The summed E-state index contributed by atoms with van der Waals surface area (Å²) in [4.78, 5) is 25.0. The SMILES string of the molecule is CC(C)Oc1ccc(CNC(=O)[C@H]2CCCN(c3nc4cccnc4s3)C2)cc1. The highest BCUT2D eigenvalue weighted by Gasteiger charge is 2.27. The Labute approximate surface area is 174 Å². The van der Waals surface area contributed by atoms with Crippen LogP contribution in [0.15, 0.2) is 42.6 Å². The van der Waals surface area contributed by atoms with Crippen LogP contribution in [0, 0.1) is 5.92 Å². The van der Waals surface area contributed by atoms with Gasteiger partial charge in [-0.25, -0.2) is 9.97 Å². The summed E-state index contributed by atoms with van der Waals surface area (Å²) in [6.45, 7) is 6.18. The minimum atomic E-state index is -0.0210. The monoisotopic (exact) mass is 410 g/mol. The molecular weight excluding hydrogens is 384 g/mol. The lowest BCUT2D eigenvalue weighted by atomic mass is 9.97. The number of rotatable bonds is 6. The van der Waals surface area contributed by atoms with Gasteiger partial charge in [-0.3, -0.25) is 4.79 Å². The fourth-order valence-corrected chi connectivity index (χ4v) is 4.49. The lowest BCUT2D eigenvalue weighted by molar-refractivity contribution is -0.125. The van der Waals surface area contributed by atoms with Gasteiger partial charge < -0.3 is 15.0 Å². The average Bonchev–Trinajstić information content (AvgIpc) is 3.17.